The zero-order valence-electron chi connectivity index (χ0n) is 11.4. The second-order valence-electron chi connectivity index (χ2n) is 4.54. The maximum atomic E-state index is 12.2. The Balaban J connectivity index is 2.21. The number of hydrogen-bond donors (Lipinski definition) is 3. The maximum absolute atomic E-state index is 12.2. The van der Waals surface area contributed by atoms with Gasteiger partial charge in [-0.25, -0.2) is 0 Å². The van der Waals surface area contributed by atoms with Crippen LogP contribution >= 0.6 is 11.6 Å². The Hall–Kier alpha value is -1.85. The van der Waals surface area contributed by atoms with E-state index in [4.69, 9.17) is 11.6 Å². The van der Waals surface area contributed by atoms with E-state index in [9.17, 15) is 4.79 Å². The lowest BCUT2D eigenvalue weighted by atomic mass is 10.1. The van der Waals surface area contributed by atoms with E-state index in [1.54, 1.807) is 6.07 Å². The number of carbonyl (C=O) groups excluding carboxylic acids is 1. The van der Waals surface area contributed by atoms with E-state index in [1.807, 2.05) is 32.2 Å². The van der Waals surface area contributed by atoms with E-state index in [2.05, 4.69) is 20.8 Å². The standard InChI is InChI=1S/C14H17ClN4O/c1-9(16-2)7-17-14(20)11-8-18-19-13(11)10-5-3-4-6-12(10)15/h3-6,8-9,16H,7H2,1-2H3,(H,17,20)(H,18,19). The smallest absolute Gasteiger partial charge is 0.255 e. The number of likely N-dealkylation sites (N-methyl/N-ethyl adjacent to an activating group) is 1. The fourth-order valence-corrected chi connectivity index (χ4v) is 2.00. The number of amides is 1. The highest BCUT2D eigenvalue weighted by atomic mass is 35.5. The average Bonchev–Trinajstić information content (AvgIpc) is 2.94. The van der Waals surface area contributed by atoms with Gasteiger partial charge in [-0.1, -0.05) is 29.8 Å². The average molecular weight is 293 g/mol. The van der Waals surface area contributed by atoms with Crippen LogP contribution in [0.3, 0.4) is 0 Å². The number of nitrogens with zero attached hydrogens (tertiary/aromatic N) is 1. The number of nitrogens with one attached hydrogen (secondary N) is 3. The molecule has 3 N–H and O–H groups in total. The van der Waals surface area contributed by atoms with Gasteiger partial charge in [0.15, 0.2) is 0 Å². The summed E-state index contributed by atoms with van der Waals surface area (Å²) in [5, 5.41) is 13.3. The van der Waals surface area contributed by atoms with Gasteiger partial charge in [-0.3, -0.25) is 9.89 Å². The van der Waals surface area contributed by atoms with Crippen LogP contribution in [0.4, 0.5) is 0 Å². The number of rotatable bonds is 5. The van der Waals surface area contributed by atoms with Gasteiger partial charge in [-0.05, 0) is 20.0 Å². The highest BCUT2D eigenvalue weighted by molar-refractivity contribution is 6.33. The summed E-state index contributed by atoms with van der Waals surface area (Å²) >= 11 is 6.15. The van der Waals surface area contributed by atoms with Crippen LogP contribution in [0.15, 0.2) is 30.5 Å². The molecule has 0 radical (unpaired) electrons. The van der Waals surface area contributed by atoms with E-state index in [0.29, 0.717) is 22.8 Å². The molecule has 1 aromatic carbocycles. The Labute approximate surface area is 122 Å². The van der Waals surface area contributed by atoms with Crippen LogP contribution in [-0.2, 0) is 0 Å². The Bertz CT molecular complexity index is 596. The first-order chi connectivity index (χ1) is 9.63. The second-order valence-corrected chi connectivity index (χ2v) is 4.95. The van der Waals surface area contributed by atoms with Crippen molar-refractivity contribution in [2.75, 3.05) is 13.6 Å². The fourth-order valence-electron chi connectivity index (χ4n) is 1.77. The van der Waals surface area contributed by atoms with Crippen molar-refractivity contribution in [2.24, 2.45) is 0 Å². The first-order valence-corrected chi connectivity index (χ1v) is 6.75. The largest absolute Gasteiger partial charge is 0.350 e. The van der Waals surface area contributed by atoms with Gasteiger partial charge in [0.1, 0.15) is 0 Å². The number of H-pyrrole nitrogens is 1. The number of aromatic amines is 1. The van der Waals surface area contributed by atoms with E-state index in [1.165, 1.54) is 6.20 Å². The van der Waals surface area contributed by atoms with Crippen molar-refractivity contribution in [3.8, 4) is 11.3 Å². The van der Waals surface area contributed by atoms with E-state index in [0.717, 1.165) is 5.56 Å². The lowest BCUT2D eigenvalue weighted by Crippen LogP contribution is -2.37. The van der Waals surface area contributed by atoms with Gasteiger partial charge in [-0.15, -0.1) is 0 Å². The highest BCUT2D eigenvalue weighted by Gasteiger charge is 2.17. The normalized spacial score (nSPS) is 12.2. The molecular formula is C14H17ClN4O. The summed E-state index contributed by atoms with van der Waals surface area (Å²) in [7, 11) is 1.85. The monoisotopic (exact) mass is 292 g/mol. The van der Waals surface area contributed by atoms with Crippen molar-refractivity contribution in [2.45, 2.75) is 13.0 Å². The quantitative estimate of drug-likeness (QED) is 0.790. The molecule has 6 heteroatoms. The first-order valence-electron chi connectivity index (χ1n) is 6.37. The van der Waals surface area contributed by atoms with Gasteiger partial charge in [0, 0.05) is 23.2 Å². The first kappa shape index (κ1) is 14.6. The number of halogens is 1. The van der Waals surface area contributed by atoms with Crippen molar-refractivity contribution >= 4 is 17.5 Å². The van der Waals surface area contributed by atoms with Gasteiger partial charge >= 0.3 is 0 Å². The molecule has 0 aliphatic heterocycles. The van der Waals surface area contributed by atoms with Crippen molar-refractivity contribution in [3.05, 3.63) is 41.0 Å². The SMILES string of the molecule is CNC(C)CNC(=O)c1cn[nH]c1-c1ccccc1Cl. The third-order valence-corrected chi connectivity index (χ3v) is 3.42. The van der Waals surface area contributed by atoms with E-state index in [-0.39, 0.29) is 11.9 Å². The number of benzene rings is 1. The molecule has 106 valence electrons. The number of aromatic nitrogens is 2. The molecule has 1 amide bonds. The summed E-state index contributed by atoms with van der Waals surface area (Å²) in [6, 6.07) is 7.55. The summed E-state index contributed by atoms with van der Waals surface area (Å²) in [6.07, 6.45) is 1.51. The Kier molecular flexibility index (Phi) is 4.76. The molecule has 0 bridgehead atoms. The van der Waals surface area contributed by atoms with Crippen LogP contribution in [0, 0.1) is 0 Å². The minimum atomic E-state index is -0.171. The lowest BCUT2D eigenvalue weighted by molar-refractivity contribution is 0.0951. The third kappa shape index (κ3) is 3.18. The fraction of sp³-hybridized carbons (Fsp3) is 0.286. The molecule has 1 heterocycles. The highest BCUT2D eigenvalue weighted by Crippen LogP contribution is 2.28. The molecule has 0 aliphatic rings. The van der Waals surface area contributed by atoms with Gasteiger partial charge < -0.3 is 10.6 Å². The molecule has 2 rings (SSSR count). The van der Waals surface area contributed by atoms with Crippen molar-refractivity contribution < 1.29 is 4.79 Å². The Morgan fingerprint density at radius 1 is 1.45 bits per heavy atom. The predicted octanol–water partition coefficient (Wildman–Crippen LogP) is 2.07. The van der Waals surface area contributed by atoms with Gasteiger partial charge in [-0.2, -0.15) is 5.10 Å². The van der Waals surface area contributed by atoms with Crippen LogP contribution in [0.5, 0.6) is 0 Å². The van der Waals surface area contributed by atoms with Crippen LogP contribution < -0.4 is 10.6 Å². The molecule has 0 saturated heterocycles. The van der Waals surface area contributed by atoms with Crippen LogP contribution in [0.2, 0.25) is 5.02 Å². The van der Waals surface area contributed by atoms with Crippen LogP contribution in [0.1, 0.15) is 17.3 Å². The minimum Gasteiger partial charge on any atom is -0.350 e. The summed E-state index contributed by atoms with van der Waals surface area (Å²) in [5.41, 5.74) is 1.88. The Morgan fingerprint density at radius 3 is 2.90 bits per heavy atom. The summed E-state index contributed by atoms with van der Waals surface area (Å²) in [5.74, 6) is -0.171. The number of hydrogen-bond acceptors (Lipinski definition) is 3. The van der Waals surface area contributed by atoms with Crippen molar-refractivity contribution in [1.82, 2.24) is 20.8 Å². The van der Waals surface area contributed by atoms with Gasteiger partial charge in [0.25, 0.3) is 5.91 Å². The molecule has 0 aliphatic carbocycles. The third-order valence-electron chi connectivity index (χ3n) is 3.09. The van der Waals surface area contributed by atoms with Crippen LogP contribution in [-0.4, -0.2) is 35.7 Å². The van der Waals surface area contributed by atoms with E-state index < -0.39 is 0 Å². The molecule has 1 atom stereocenters. The molecule has 1 aromatic heterocycles. The topological polar surface area (TPSA) is 69.8 Å². The second kappa shape index (κ2) is 6.54. The lowest BCUT2D eigenvalue weighted by Gasteiger charge is -2.11. The molecule has 20 heavy (non-hydrogen) atoms. The maximum Gasteiger partial charge on any atom is 0.255 e. The molecule has 0 spiro atoms. The van der Waals surface area contributed by atoms with Crippen molar-refractivity contribution in [1.29, 1.82) is 0 Å². The summed E-state index contributed by atoms with van der Waals surface area (Å²) in [6.45, 7) is 2.53. The molecule has 0 saturated carbocycles. The Morgan fingerprint density at radius 2 is 2.20 bits per heavy atom. The molecule has 2 aromatic rings. The zero-order valence-corrected chi connectivity index (χ0v) is 12.2. The van der Waals surface area contributed by atoms with Crippen molar-refractivity contribution in [3.63, 3.8) is 0 Å². The molecule has 1 unspecified atom stereocenters. The number of carbonyl (C=O) groups is 1. The molecular weight excluding hydrogens is 276 g/mol. The van der Waals surface area contributed by atoms with E-state index >= 15 is 0 Å². The summed E-state index contributed by atoms with van der Waals surface area (Å²) < 4.78 is 0. The van der Waals surface area contributed by atoms with Crippen LogP contribution in [0.25, 0.3) is 11.3 Å². The molecule has 5 nitrogen and oxygen atoms in total. The predicted molar refractivity (Wildman–Crippen MR) is 79.9 cm³/mol. The minimum absolute atomic E-state index is 0.171. The molecule has 0 fully saturated rings. The zero-order chi connectivity index (χ0) is 14.5. The summed E-state index contributed by atoms with van der Waals surface area (Å²) in [4.78, 5) is 12.2. The van der Waals surface area contributed by atoms with Gasteiger partial charge in [0.2, 0.25) is 0 Å². The van der Waals surface area contributed by atoms with Gasteiger partial charge in [0.05, 0.1) is 17.5 Å².